The molecule has 0 unspecified atom stereocenters. The maximum absolute atomic E-state index is 13.9. The second-order valence-electron chi connectivity index (χ2n) is 3.97. The van der Waals surface area contributed by atoms with Crippen molar-refractivity contribution in [2.24, 2.45) is 0 Å². The first-order chi connectivity index (χ1) is 8.58. The van der Waals surface area contributed by atoms with Crippen molar-refractivity contribution >= 4 is 5.69 Å². The van der Waals surface area contributed by atoms with Gasteiger partial charge in [0.2, 0.25) is 0 Å². The highest BCUT2D eigenvalue weighted by atomic mass is 19.1. The van der Waals surface area contributed by atoms with Crippen LogP contribution in [0.25, 0.3) is 5.69 Å². The van der Waals surface area contributed by atoms with Gasteiger partial charge in [0.1, 0.15) is 18.6 Å². The molecule has 2 heterocycles. The lowest BCUT2D eigenvalue weighted by Crippen LogP contribution is -2.14. The second kappa shape index (κ2) is 3.52. The number of hydrogen-bond acceptors (Lipinski definition) is 4. The van der Waals surface area contributed by atoms with Crippen molar-refractivity contribution < 1.29 is 14.1 Å². The molecular formula is C11H8FN3O3. The van der Waals surface area contributed by atoms with Crippen LogP contribution in [-0.2, 0) is 6.61 Å². The summed E-state index contributed by atoms with van der Waals surface area (Å²) in [6.07, 6.45) is 1.49. The van der Waals surface area contributed by atoms with Gasteiger partial charge in [-0.3, -0.25) is 14.7 Å². The molecule has 2 aromatic rings. The Bertz CT molecular complexity index is 666. The normalized spacial score (nSPS) is 12.6. The van der Waals surface area contributed by atoms with E-state index in [9.17, 15) is 14.5 Å². The Balaban J connectivity index is 2.26. The predicted octanol–water partition coefficient (Wildman–Crippen LogP) is 2.12. The van der Waals surface area contributed by atoms with Gasteiger partial charge in [0, 0.05) is 0 Å². The molecule has 0 saturated carbocycles. The maximum Gasteiger partial charge on any atom is 0.276 e. The molecule has 0 N–H and O–H groups in total. The number of halogens is 1. The Morgan fingerprint density at radius 1 is 1.56 bits per heavy atom. The number of fused-ring (bicyclic) bond motifs is 3. The van der Waals surface area contributed by atoms with Crippen molar-refractivity contribution in [1.82, 2.24) is 9.55 Å². The van der Waals surface area contributed by atoms with Crippen LogP contribution in [0.5, 0.6) is 5.75 Å². The fourth-order valence-electron chi connectivity index (χ4n) is 1.99. The standard InChI is InChI=1S/C11H8FN3O3/c1-6-9-4-18-10-3-7(15(16)17)2-8(12)11(10)14(9)5-13-6/h2-3,5H,4H2,1H3. The summed E-state index contributed by atoms with van der Waals surface area (Å²) in [7, 11) is 0. The average molecular weight is 249 g/mol. The Labute approximate surface area is 101 Å². The molecule has 0 amide bonds. The van der Waals surface area contributed by atoms with Crippen LogP contribution in [-0.4, -0.2) is 14.5 Å². The van der Waals surface area contributed by atoms with Gasteiger partial charge in [-0.2, -0.15) is 0 Å². The van der Waals surface area contributed by atoms with Crippen LogP contribution in [0, 0.1) is 22.9 Å². The van der Waals surface area contributed by atoms with E-state index in [0.29, 0.717) is 0 Å². The Morgan fingerprint density at radius 2 is 2.33 bits per heavy atom. The number of benzene rings is 1. The Kier molecular flexibility index (Phi) is 2.09. The lowest BCUT2D eigenvalue weighted by atomic mass is 10.2. The molecule has 0 bridgehead atoms. The highest BCUT2D eigenvalue weighted by Crippen LogP contribution is 2.35. The summed E-state index contributed by atoms with van der Waals surface area (Å²) in [5, 5.41) is 10.7. The zero-order chi connectivity index (χ0) is 12.9. The molecule has 1 aliphatic rings. The number of nitro groups is 1. The van der Waals surface area contributed by atoms with Crippen LogP contribution in [0.3, 0.4) is 0 Å². The van der Waals surface area contributed by atoms with Crippen molar-refractivity contribution in [2.45, 2.75) is 13.5 Å². The minimum Gasteiger partial charge on any atom is -0.485 e. The van der Waals surface area contributed by atoms with Gasteiger partial charge in [-0.05, 0) is 6.92 Å². The molecule has 7 heteroatoms. The summed E-state index contributed by atoms with van der Waals surface area (Å²) in [6, 6.07) is 2.10. The lowest BCUT2D eigenvalue weighted by molar-refractivity contribution is -0.385. The van der Waals surface area contributed by atoms with Crippen LogP contribution in [0.1, 0.15) is 11.4 Å². The number of rotatable bonds is 1. The van der Waals surface area contributed by atoms with Crippen molar-refractivity contribution in [3.05, 3.63) is 45.8 Å². The van der Waals surface area contributed by atoms with Crippen LogP contribution in [0.4, 0.5) is 10.1 Å². The van der Waals surface area contributed by atoms with Gasteiger partial charge in [0.05, 0.1) is 28.4 Å². The number of imidazole rings is 1. The molecule has 6 nitrogen and oxygen atoms in total. The molecule has 0 radical (unpaired) electrons. The van der Waals surface area contributed by atoms with Crippen LogP contribution < -0.4 is 4.74 Å². The van der Waals surface area contributed by atoms with Gasteiger partial charge < -0.3 is 4.74 Å². The number of non-ortho nitro benzene ring substituents is 1. The number of hydrogen-bond donors (Lipinski definition) is 0. The van der Waals surface area contributed by atoms with Crippen LogP contribution in [0.2, 0.25) is 0 Å². The Morgan fingerprint density at radius 3 is 3.06 bits per heavy atom. The van der Waals surface area contributed by atoms with Crippen molar-refractivity contribution in [3.63, 3.8) is 0 Å². The predicted molar refractivity (Wildman–Crippen MR) is 59.2 cm³/mol. The molecule has 0 atom stereocenters. The topological polar surface area (TPSA) is 70.2 Å². The molecule has 1 aromatic heterocycles. The number of nitro benzene ring substituents is 1. The van der Waals surface area contributed by atoms with Gasteiger partial charge >= 0.3 is 0 Å². The fourth-order valence-corrected chi connectivity index (χ4v) is 1.99. The highest BCUT2D eigenvalue weighted by Gasteiger charge is 2.25. The van der Waals surface area contributed by atoms with Crippen molar-refractivity contribution in [1.29, 1.82) is 0 Å². The van der Waals surface area contributed by atoms with E-state index < -0.39 is 10.7 Å². The summed E-state index contributed by atoms with van der Waals surface area (Å²) in [6.45, 7) is 2.02. The van der Waals surface area contributed by atoms with Crippen LogP contribution >= 0.6 is 0 Å². The van der Waals surface area contributed by atoms with Gasteiger partial charge in [-0.25, -0.2) is 9.37 Å². The van der Waals surface area contributed by atoms with Gasteiger partial charge in [-0.15, -0.1) is 0 Å². The monoisotopic (exact) mass is 249 g/mol. The molecule has 0 saturated heterocycles. The van der Waals surface area contributed by atoms with Crippen molar-refractivity contribution in [3.8, 4) is 11.4 Å². The molecule has 0 aliphatic carbocycles. The lowest BCUT2D eigenvalue weighted by Gasteiger charge is -2.20. The highest BCUT2D eigenvalue weighted by molar-refractivity contribution is 5.56. The summed E-state index contributed by atoms with van der Waals surface area (Å²) in [5.74, 6) is -0.538. The van der Waals surface area contributed by atoms with E-state index in [1.165, 1.54) is 12.4 Å². The third kappa shape index (κ3) is 1.37. The van der Waals surface area contributed by atoms with Gasteiger partial charge in [-0.1, -0.05) is 0 Å². The summed E-state index contributed by atoms with van der Waals surface area (Å²) < 4.78 is 20.9. The molecule has 0 fully saturated rings. The minimum absolute atomic E-state index is 0.159. The van der Waals surface area contributed by atoms with E-state index in [1.807, 2.05) is 0 Å². The molecule has 92 valence electrons. The molecular weight excluding hydrogens is 241 g/mol. The van der Waals surface area contributed by atoms with E-state index in [1.54, 1.807) is 11.5 Å². The molecule has 1 aromatic carbocycles. The molecule has 0 spiro atoms. The zero-order valence-electron chi connectivity index (χ0n) is 9.38. The van der Waals surface area contributed by atoms with Crippen LogP contribution in [0.15, 0.2) is 18.5 Å². The summed E-state index contributed by atoms with van der Waals surface area (Å²) >= 11 is 0. The summed E-state index contributed by atoms with van der Waals surface area (Å²) in [4.78, 5) is 14.1. The van der Waals surface area contributed by atoms with E-state index in [2.05, 4.69) is 4.98 Å². The minimum atomic E-state index is -0.697. The van der Waals surface area contributed by atoms with E-state index in [4.69, 9.17) is 4.74 Å². The summed E-state index contributed by atoms with van der Waals surface area (Å²) in [5.41, 5.74) is 1.34. The Hall–Kier alpha value is -2.44. The van der Waals surface area contributed by atoms with E-state index in [-0.39, 0.29) is 23.7 Å². The first-order valence-electron chi connectivity index (χ1n) is 5.22. The van der Waals surface area contributed by atoms with Gasteiger partial charge in [0.15, 0.2) is 11.6 Å². The molecule has 18 heavy (non-hydrogen) atoms. The number of ether oxygens (including phenoxy) is 1. The third-order valence-electron chi connectivity index (χ3n) is 2.90. The molecule has 3 rings (SSSR count). The fraction of sp³-hybridized carbons (Fsp3) is 0.182. The molecule has 1 aliphatic heterocycles. The number of aryl methyl sites for hydroxylation is 1. The SMILES string of the molecule is Cc1ncn2c1COc1cc([N+](=O)[O-])cc(F)c1-2. The van der Waals surface area contributed by atoms with E-state index in [0.717, 1.165) is 17.5 Å². The van der Waals surface area contributed by atoms with Crippen molar-refractivity contribution in [2.75, 3.05) is 0 Å². The first-order valence-corrected chi connectivity index (χ1v) is 5.22. The first kappa shape index (κ1) is 10.7. The largest absolute Gasteiger partial charge is 0.485 e. The van der Waals surface area contributed by atoms with Gasteiger partial charge in [0.25, 0.3) is 5.69 Å². The quantitative estimate of drug-likeness (QED) is 0.573. The maximum atomic E-state index is 13.9. The second-order valence-corrected chi connectivity index (χ2v) is 3.97. The number of aromatic nitrogens is 2. The smallest absolute Gasteiger partial charge is 0.276 e. The third-order valence-corrected chi connectivity index (χ3v) is 2.90. The van der Waals surface area contributed by atoms with E-state index >= 15 is 0 Å². The number of nitrogens with zero attached hydrogens (tertiary/aromatic N) is 3. The zero-order valence-corrected chi connectivity index (χ0v) is 9.38. The average Bonchev–Trinajstić information content (AvgIpc) is 2.70.